The summed E-state index contributed by atoms with van der Waals surface area (Å²) < 4.78 is 4.75. The number of carbonyl (C=O) groups excluding carboxylic acids is 1. The number of hydrogen-bond donors (Lipinski definition) is 0. The van der Waals surface area contributed by atoms with Crippen LogP contribution in [-0.2, 0) is 16.0 Å². The van der Waals surface area contributed by atoms with Crippen LogP contribution in [0, 0.1) is 0 Å². The summed E-state index contributed by atoms with van der Waals surface area (Å²) in [5.74, 6) is 0.170. The van der Waals surface area contributed by atoms with Crippen molar-refractivity contribution in [1.82, 2.24) is 20.2 Å². The molecule has 0 N–H and O–H groups in total. The van der Waals surface area contributed by atoms with Gasteiger partial charge in [-0.2, -0.15) is 0 Å². The molecule has 0 fully saturated rings. The lowest BCUT2D eigenvalue weighted by atomic mass is 10.1. The van der Waals surface area contributed by atoms with Crippen molar-refractivity contribution in [2.24, 2.45) is 0 Å². The average molecular weight is 258 g/mol. The smallest absolute Gasteiger partial charge is 0.332 e. The Bertz CT molecular complexity index is 563. The Morgan fingerprint density at radius 1 is 1.37 bits per heavy atom. The maximum atomic E-state index is 11.1. The van der Waals surface area contributed by atoms with Crippen LogP contribution in [-0.4, -0.2) is 32.8 Å². The average Bonchev–Trinajstić information content (AvgIpc) is 2.86. The summed E-state index contributed by atoms with van der Waals surface area (Å²) >= 11 is 0. The Labute approximate surface area is 110 Å². The van der Waals surface area contributed by atoms with Gasteiger partial charge in [-0.05, 0) is 17.7 Å². The highest BCUT2D eigenvalue weighted by molar-refractivity contribution is 5.84. The van der Waals surface area contributed by atoms with Crippen molar-refractivity contribution in [3.05, 3.63) is 47.8 Å². The van der Waals surface area contributed by atoms with E-state index in [1.807, 2.05) is 30.3 Å². The zero-order valence-corrected chi connectivity index (χ0v) is 10.6. The Balaban J connectivity index is 1.97. The molecule has 0 radical (unpaired) electrons. The van der Waals surface area contributed by atoms with E-state index in [-0.39, 0.29) is 0 Å². The Morgan fingerprint density at radius 3 is 2.89 bits per heavy atom. The third-order valence-electron chi connectivity index (χ3n) is 2.31. The number of tetrazole rings is 1. The van der Waals surface area contributed by atoms with Crippen LogP contribution >= 0.6 is 0 Å². The summed E-state index contributed by atoms with van der Waals surface area (Å²) in [4.78, 5) is 12.4. The van der Waals surface area contributed by atoms with Gasteiger partial charge in [-0.3, -0.25) is 0 Å². The van der Waals surface area contributed by atoms with Gasteiger partial charge in [0.05, 0.1) is 12.8 Å². The maximum absolute atomic E-state index is 11.1. The molecule has 2 rings (SSSR count). The topological polar surface area (TPSA) is 69.9 Å². The molecular formula is C13H14N4O2. The van der Waals surface area contributed by atoms with Gasteiger partial charge in [-0.1, -0.05) is 30.3 Å². The largest absolute Gasteiger partial charge is 0.463 e. The molecule has 0 unspecified atom stereocenters. The maximum Gasteiger partial charge on any atom is 0.332 e. The van der Waals surface area contributed by atoms with E-state index in [4.69, 9.17) is 4.74 Å². The van der Waals surface area contributed by atoms with Gasteiger partial charge in [-0.15, -0.1) is 15.0 Å². The molecule has 0 aliphatic heterocycles. The molecule has 0 bridgehead atoms. The Hall–Kier alpha value is -2.50. The molecule has 0 aliphatic carbocycles. The second-order valence-electron chi connectivity index (χ2n) is 3.76. The van der Waals surface area contributed by atoms with E-state index < -0.39 is 5.97 Å². The third kappa shape index (κ3) is 4.02. The lowest BCUT2D eigenvalue weighted by Crippen LogP contribution is -2.01. The molecule has 0 spiro atoms. The molecular weight excluding hydrogens is 244 g/mol. The number of ether oxygens (including phenoxy) is 1. The number of nitrogens with zero attached hydrogens (tertiary/aromatic N) is 4. The minimum Gasteiger partial charge on any atom is -0.463 e. The predicted molar refractivity (Wildman–Crippen MR) is 69.0 cm³/mol. The minimum atomic E-state index is -0.426. The molecule has 6 nitrogen and oxygen atoms in total. The van der Waals surface area contributed by atoms with Crippen LogP contribution in [0.4, 0.5) is 0 Å². The van der Waals surface area contributed by atoms with E-state index in [0.717, 1.165) is 5.56 Å². The van der Waals surface area contributed by atoms with Gasteiger partial charge in [-0.25, -0.2) is 4.79 Å². The van der Waals surface area contributed by atoms with Crippen LogP contribution in [0.2, 0.25) is 0 Å². The zero-order chi connectivity index (χ0) is 13.5. The summed E-state index contributed by atoms with van der Waals surface area (Å²) in [6.07, 6.45) is 3.28. The molecule has 0 amide bonds. The number of aromatic nitrogens is 4. The number of hydrogen-bond acceptors (Lipinski definition) is 5. The van der Waals surface area contributed by atoms with Crippen LogP contribution < -0.4 is 0 Å². The normalized spacial score (nSPS) is 10.8. The summed E-state index contributed by atoms with van der Waals surface area (Å²) in [6, 6.07) is 9.86. The highest BCUT2D eigenvalue weighted by Gasteiger charge is 2.02. The quantitative estimate of drug-likeness (QED) is 0.597. The molecule has 19 heavy (non-hydrogen) atoms. The summed E-state index contributed by atoms with van der Waals surface area (Å²) in [6.45, 7) is 2.09. The summed E-state index contributed by atoms with van der Waals surface area (Å²) in [7, 11) is 0. The molecule has 1 aromatic carbocycles. The van der Waals surface area contributed by atoms with Gasteiger partial charge < -0.3 is 4.74 Å². The SMILES string of the molecule is CCOC(=O)/C=C/n1nnc(Cc2ccccc2)n1. The van der Waals surface area contributed by atoms with Gasteiger partial charge in [0, 0.05) is 12.5 Å². The summed E-state index contributed by atoms with van der Waals surface area (Å²) in [5.41, 5.74) is 1.11. The van der Waals surface area contributed by atoms with E-state index in [0.29, 0.717) is 18.9 Å². The number of benzene rings is 1. The summed E-state index contributed by atoms with van der Waals surface area (Å²) in [5, 5.41) is 11.9. The zero-order valence-electron chi connectivity index (χ0n) is 10.6. The van der Waals surface area contributed by atoms with E-state index in [1.54, 1.807) is 6.92 Å². The monoisotopic (exact) mass is 258 g/mol. The van der Waals surface area contributed by atoms with Crippen molar-refractivity contribution in [2.45, 2.75) is 13.3 Å². The Morgan fingerprint density at radius 2 is 2.16 bits per heavy atom. The second kappa shape index (κ2) is 6.44. The van der Waals surface area contributed by atoms with E-state index >= 15 is 0 Å². The van der Waals surface area contributed by atoms with Crippen LogP contribution in [0.25, 0.3) is 6.20 Å². The molecule has 98 valence electrons. The highest BCUT2D eigenvalue weighted by Crippen LogP contribution is 2.03. The molecule has 0 atom stereocenters. The van der Waals surface area contributed by atoms with Crippen molar-refractivity contribution in [3.8, 4) is 0 Å². The lowest BCUT2D eigenvalue weighted by Gasteiger charge is -1.94. The van der Waals surface area contributed by atoms with Crippen LogP contribution in [0.1, 0.15) is 18.3 Å². The number of carbonyl (C=O) groups is 1. The highest BCUT2D eigenvalue weighted by atomic mass is 16.5. The van der Waals surface area contributed by atoms with Crippen LogP contribution in [0.15, 0.2) is 36.4 Å². The van der Waals surface area contributed by atoms with E-state index in [1.165, 1.54) is 17.1 Å². The fraction of sp³-hybridized carbons (Fsp3) is 0.231. The predicted octanol–water partition coefficient (Wildman–Crippen LogP) is 1.30. The molecule has 6 heteroatoms. The van der Waals surface area contributed by atoms with Crippen molar-refractivity contribution in [2.75, 3.05) is 6.61 Å². The van der Waals surface area contributed by atoms with Crippen molar-refractivity contribution >= 4 is 12.2 Å². The standard InChI is InChI=1S/C13H14N4O2/c1-2-19-13(18)8-9-17-15-12(14-16-17)10-11-6-4-3-5-7-11/h3-9H,2,10H2,1H3/b9-8+. The molecule has 1 aromatic heterocycles. The van der Waals surface area contributed by atoms with Crippen molar-refractivity contribution < 1.29 is 9.53 Å². The molecule has 0 aliphatic rings. The number of rotatable bonds is 5. The molecule has 1 heterocycles. The van der Waals surface area contributed by atoms with Crippen LogP contribution in [0.3, 0.4) is 0 Å². The third-order valence-corrected chi connectivity index (χ3v) is 2.31. The van der Waals surface area contributed by atoms with E-state index in [2.05, 4.69) is 15.4 Å². The molecule has 0 saturated carbocycles. The van der Waals surface area contributed by atoms with Gasteiger partial charge in [0.15, 0.2) is 5.82 Å². The van der Waals surface area contributed by atoms with Crippen LogP contribution in [0.5, 0.6) is 0 Å². The first-order chi connectivity index (χ1) is 9.28. The fourth-order valence-corrected chi connectivity index (χ4v) is 1.49. The van der Waals surface area contributed by atoms with Gasteiger partial charge in [0.1, 0.15) is 0 Å². The minimum absolute atomic E-state index is 0.340. The van der Waals surface area contributed by atoms with E-state index in [9.17, 15) is 4.79 Å². The van der Waals surface area contributed by atoms with Crippen molar-refractivity contribution in [1.29, 1.82) is 0 Å². The first kappa shape index (κ1) is 12.9. The lowest BCUT2D eigenvalue weighted by molar-refractivity contribution is -0.137. The first-order valence-electron chi connectivity index (χ1n) is 5.95. The second-order valence-corrected chi connectivity index (χ2v) is 3.76. The van der Waals surface area contributed by atoms with Gasteiger partial charge >= 0.3 is 5.97 Å². The van der Waals surface area contributed by atoms with Gasteiger partial charge in [0.2, 0.25) is 0 Å². The molecule has 2 aromatic rings. The van der Waals surface area contributed by atoms with Crippen molar-refractivity contribution in [3.63, 3.8) is 0 Å². The van der Waals surface area contributed by atoms with Gasteiger partial charge in [0.25, 0.3) is 0 Å². The molecule has 0 saturated heterocycles. The Kier molecular flexibility index (Phi) is 4.39. The first-order valence-corrected chi connectivity index (χ1v) is 5.95. The number of esters is 1. The fourth-order valence-electron chi connectivity index (χ4n) is 1.49.